The second-order valence-electron chi connectivity index (χ2n) is 16.7. The van der Waals surface area contributed by atoms with Crippen molar-refractivity contribution < 1.29 is 24.2 Å². The van der Waals surface area contributed by atoms with Crippen molar-refractivity contribution in [2.24, 2.45) is 11.8 Å². The number of nitrogens with one attached hydrogen (secondary N) is 2. The van der Waals surface area contributed by atoms with E-state index in [0.717, 1.165) is 52.6 Å². The maximum Gasteiger partial charge on any atom is 0.253 e. The highest BCUT2D eigenvalue weighted by atomic mass is 16.7. The Morgan fingerprint density at radius 2 is 1.62 bits per heavy atom. The fourth-order valence-electron chi connectivity index (χ4n) is 8.74. The summed E-state index contributed by atoms with van der Waals surface area (Å²) >= 11 is 0. The van der Waals surface area contributed by atoms with Crippen LogP contribution in [0.25, 0.3) is 11.1 Å². The minimum Gasteiger partial charge on any atom is -0.392 e. The summed E-state index contributed by atoms with van der Waals surface area (Å²) in [6.45, 7) is 9.39. The highest BCUT2D eigenvalue weighted by Crippen LogP contribution is 2.44. The van der Waals surface area contributed by atoms with Gasteiger partial charge in [0.25, 0.3) is 5.91 Å². The van der Waals surface area contributed by atoms with Gasteiger partial charge < -0.3 is 25.2 Å². The van der Waals surface area contributed by atoms with Gasteiger partial charge in [0.15, 0.2) is 6.29 Å². The largest absolute Gasteiger partial charge is 0.392 e. The molecule has 3 N–H and O–H groups in total. The zero-order valence-corrected chi connectivity index (χ0v) is 32.6. The Labute approximate surface area is 325 Å². The molecule has 2 saturated heterocycles. The molecular weight excluding hydrogens is 689 g/mol. The molecular formula is C46H56N4O5. The molecule has 290 valence electrons. The second kappa shape index (κ2) is 17.2. The minimum atomic E-state index is -0.611. The number of aromatic nitrogens is 1. The van der Waals surface area contributed by atoms with E-state index >= 15 is 0 Å². The van der Waals surface area contributed by atoms with E-state index in [2.05, 4.69) is 96.7 Å². The van der Waals surface area contributed by atoms with Crippen LogP contribution in [0.1, 0.15) is 111 Å². The third kappa shape index (κ3) is 9.35. The summed E-state index contributed by atoms with van der Waals surface area (Å²) in [5.41, 5.74) is 6.14. The van der Waals surface area contributed by atoms with E-state index in [9.17, 15) is 14.7 Å². The van der Waals surface area contributed by atoms with E-state index in [1.54, 1.807) is 24.5 Å². The lowest BCUT2D eigenvalue weighted by Crippen LogP contribution is -2.61. The van der Waals surface area contributed by atoms with Crippen LogP contribution < -0.4 is 10.6 Å². The van der Waals surface area contributed by atoms with E-state index < -0.39 is 6.29 Å². The fourth-order valence-corrected chi connectivity index (χ4v) is 8.74. The number of aliphatic hydroxyl groups excluding tert-OH is 1. The smallest absolute Gasteiger partial charge is 0.253 e. The van der Waals surface area contributed by atoms with Crippen molar-refractivity contribution in [1.29, 1.82) is 0 Å². The second-order valence-corrected chi connectivity index (χ2v) is 16.7. The molecule has 0 bridgehead atoms. The maximum atomic E-state index is 13.9. The fraction of sp³-hybridized carbons (Fsp3) is 0.457. The zero-order chi connectivity index (χ0) is 38.5. The average molecular weight is 745 g/mol. The number of carbonyl (C=O) groups is 2. The molecule has 7 unspecified atom stereocenters. The van der Waals surface area contributed by atoms with Gasteiger partial charge in [-0.05, 0) is 98.4 Å². The summed E-state index contributed by atoms with van der Waals surface area (Å²) in [5, 5.41) is 16.0. The van der Waals surface area contributed by atoms with Gasteiger partial charge in [-0.1, -0.05) is 86.5 Å². The van der Waals surface area contributed by atoms with Crippen LogP contribution in [0, 0.1) is 11.8 Å². The molecule has 3 aromatic carbocycles. The van der Waals surface area contributed by atoms with Crippen molar-refractivity contribution >= 4 is 11.8 Å². The third-order valence-corrected chi connectivity index (χ3v) is 11.6. The van der Waals surface area contributed by atoms with E-state index in [0.29, 0.717) is 30.6 Å². The van der Waals surface area contributed by atoms with Crippen LogP contribution in [0.2, 0.25) is 0 Å². The zero-order valence-electron chi connectivity index (χ0n) is 32.6. The van der Waals surface area contributed by atoms with Gasteiger partial charge >= 0.3 is 0 Å². The van der Waals surface area contributed by atoms with E-state index in [-0.39, 0.29) is 48.1 Å². The van der Waals surface area contributed by atoms with Crippen molar-refractivity contribution in [2.45, 2.75) is 115 Å². The van der Waals surface area contributed by atoms with E-state index in [1.165, 1.54) is 19.3 Å². The number of nitrogens with zero attached hydrogens (tertiary/aromatic N) is 2. The Morgan fingerprint density at radius 3 is 2.35 bits per heavy atom. The number of piperidine rings is 1. The lowest BCUT2D eigenvalue weighted by molar-refractivity contribution is -0.278. The van der Waals surface area contributed by atoms with Crippen molar-refractivity contribution in [1.82, 2.24) is 20.5 Å². The molecule has 1 aromatic heterocycles. The summed E-state index contributed by atoms with van der Waals surface area (Å²) in [6, 6.07) is 28.2. The summed E-state index contributed by atoms with van der Waals surface area (Å²) in [4.78, 5) is 33.0. The van der Waals surface area contributed by atoms with Gasteiger partial charge in [0.1, 0.15) is 0 Å². The van der Waals surface area contributed by atoms with E-state index in [4.69, 9.17) is 9.47 Å². The van der Waals surface area contributed by atoms with Gasteiger partial charge in [0, 0.05) is 48.5 Å². The van der Waals surface area contributed by atoms with Crippen LogP contribution in [-0.4, -0.2) is 57.1 Å². The lowest BCUT2D eigenvalue weighted by Gasteiger charge is -2.51. The first-order chi connectivity index (χ1) is 26.6. The number of hydrogen-bond donors (Lipinski definition) is 3. The van der Waals surface area contributed by atoms with Crippen LogP contribution in [0.3, 0.4) is 0 Å². The Kier molecular flexibility index (Phi) is 12.1. The molecule has 9 heteroatoms. The average Bonchev–Trinajstić information content (AvgIpc) is 3.20. The monoisotopic (exact) mass is 744 g/mol. The van der Waals surface area contributed by atoms with Gasteiger partial charge in [-0.2, -0.15) is 0 Å². The molecule has 1 aliphatic carbocycles. The highest BCUT2D eigenvalue weighted by Gasteiger charge is 2.46. The molecule has 2 aliphatic heterocycles. The molecule has 55 heavy (non-hydrogen) atoms. The first kappa shape index (κ1) is 38.8. The summed E-state index contributed by atoms with van der Waals surface area (Å²) in [7, 11) is 0. The Morgan fingerprint density at radius 1 is 0.855 bits per heavy atom. The Hall–Kier alpha value is -4.41. The number of aliphatic hydroxyl groups is 1. The maximum absolute atomic E-state index is 13.9. The lowest BCUT2D eigenvalue weighted by atomic mass is 9.75. The van der Waals surface area contributed by atoms with Gasteiger partial charge in [-0.25, -0.2) is 0 Å². The molecule has 7 rings (SSSR count). The molecule has 3 heterocycles. The quantitative estimate of drug-likeness (QED) is 0.151. The van der Waals surface area contributed by atoms with Gasteiger partial charge in [0.2, 0.25) is 5.91 Å². The molecule has 7 atom stereocenters. The summed E-state index contributed by atoms with van der Waals surface area (Å²) < 4.78 is 13.8. The third-order valence-electron chi connectivity index (χ3n) is 11.6. The Balaban J connectivity index is 1.13. The molecule has 4 aromatic rings. The minimum absolute atomic E-state index is 0.00665. The van der Waals surface area contributed by atoms with Crippen LogP contribution in [0.5, 0.6) is 0 Å². The van der Waals surface area contributed by atoms with Crippen LogP contribution in [0.15, 0.2) is 97.3 Å². The standard InChI is InChI=1S/C46H56N4O5/c1-30-41(28-50-39-13-6-5-10-34(39)22-23-40(50)44(53)49-46(2,3)4)54-45(55-42(30)35-16-14-31(29-51)15-17-35)36-20-18-33(19-21-36)37-11-7-9-32(25-37)26-48-43(52)38-12-8-24-47-27-38/h7-9,11-12,14-21,24-25,27,30,34,39-42,45,51H,5-6,10,13,22-23,26,28-29H2,1-4H3,(H,48,52)(H,49,53). The number of pyridine rings is 1. The molecule has 3 aliphatic rings. The summed E-state index contributed by atoms with van der Waals surface area (Å²) in [6.07, 6.45) is 8.89. The summed E-state index contributed by atoms with van der Waals surface area (Å²) in [5.74, 6) is 0.559. The SMILES string of the molecule is CC1C(CN2C(C(=O)NC(C)(C)C)CCC3CCCCC32)OC(c2ccc(-c3cccc(CNC(=O)c4cccnc4)c3)cc2)OC1c1ccc(CO)cc1. The van der Waals surface area contributed by atoms with Crippen LogP contribution in [0.4, 0.5) is 0 Å². The number of fused-ring (bicyclic) bond motifs is 1. The number of likely N-dealkylation sites (tertiary alicyclic amines) is 1. The highest BCUT2D eigenvalue weighted by molar-refractivity contribution is 5.93. The predicted molar refractivity (Wildman–Crippen MR) is 214 cm³/mol. The molecule has 0 spiro atoms. The topological polar surface area (TPSA) is 113 Å². The number of amides is 2. The number of ether oxygens (including phenoxy) is 2. The number of benzene rings is 3. The first-order valence-corrected chi connectivity index (χ1v) is 20.0. The predicted octanol–water partition coefficient (Wildman–Crippen LogP) is 7.90. The van der Waals surface area contributed by atoms with Gasteiger partial charge in [0.05, 0.1) is 30.4 Å². The van der Waals surface area contributed by atoms with Gasteiger partial charge in [-0.15, -0.1) is 0 Å². The number of carbonyl (C=O) groups excluding carboxylic acids is 2. The molecule has 9 nitrogen and oxygen atoms in total. The first-order valence-electron chi connectivity index (χ1n) is 20.0. The Bertz CT molecular complexity index is 1890. The number of rotatable bonds is 10. The van der Waals surface area contributed by atoms with Crippen molar-refractivity contribution in [3.63, 3.8) is 0 Å². The molecule has 0 radical (unpaired) electrons. The number of hydrogen-bond acceptors (Lipinski definition) is 7. The van der Waals surface area contributed by atoms with Crippen molar-refractivity contribution in [3.05, 3.63) is 125 Å². The van der Waals surface area contributed by atoms with Gasteiger partial charge in [-0.3, -0.25) is 19.5 Å². The molecule has 3 fully saturated rings. The molecule has 2 amide bonds. The molecule has 1 saturated carbocycles. The van der Waals surface area contributed by atoms with Crippen molar-refractivity contribution in [3.8, 4) is 11.1 Å². The van der Waals surface area contributed by atoms with Crippen LogP contribution in [-0.2, 0) is 27.4 Å². The van der Waals surface area contributed by atoms with E-state index in [1.807, 2.05) is 24.3 Å². The van der Waals surface area contributed by atoms with Crippen LogP contribution >= 0.6 is 0 Å². The van der Waals surface area contributed by atoms with Crippen molar-refractivity contribution in [2.75, 3.05) is 6.54 Å². The normalized spacial score (nSPS) is 25.8.